The molecule has 1 saturated heterocycles. The van der Waals surface area contributed by atoms with Gasteiger partial charge in [0.25, 0.3) is 0 Å². The van der Waals surface area contributed by atoms with E-state index in [2.05, 4.69) is 24.5 Å². The monoisotopic (exact) mass is 413 g/mol. The number of ether oxygens (including phenoxy) is 1. The summed E-state index contributed by atoms with van der Waals surface area (Å²) in [5, 5.41) is 6.46. The van der Waals surface area contributed by atoms with E-state index in [9.17, 15) is 9.18 Å². The molecular weight excluding hydrogens is 381 g/mol. The number of halogens is 1. The Hall–Kier alpha value is -2.60. The number of carbonyl (C=O) groups is 1. The Balaban J connectivity index is 1.57. The van der Waals surface area contributed by atoms with Crippen molar-refractivity contribution in [2.45, 2.75) is 45.8 Å². The zero-order chi connectivity index (χ0) is 21.3. The molecule has 1 aliphatic heterocycles. The maximum Gasteiger partial charge on any atom is 0.318 e. The van der Waals surface area contributed by atoms with E-state index >= 15 is 0 Å². The van der Waals surface area contributed by atoms with E-state index in [1.54, 1.807) is 17.0 Å². The summed E-state index contributed by atoms with van der Waals surface area (Å²) in [7, 11) is 0. The average molecular weight is 414 g/mol. The molecular formula is C24H32FN3O2. The number of hydrogen-bond donors (Lipinski definition) is 2. The number of carbonyl (C=O) groups excluding carboxylic acids is 1. The predicted molar refractivity (Wildman–Crippen MR) is 117 cm³/mol. The molecule has 2 amide bonds. The van der Waals surface area contributed by atoms with Crippen molar-refractivity contribution in [2.24, 2.45) is 5.92 Å². The van der Waals surface area contributed by atoms with Gasteiger partial charge in [0.1, 0.15) is 11.6 Å². The zero-order valence-corrected chi connectivity index (χ0v) is 17.9. The van der Waals surface area contributed by atoms with E-state index in [0.29, 0.717) is 38.2 Å². The van der Waals surface area contributed by atoms with Gasteiger partial charge < -0.3 is 20.3 Å². The van der Waals surface area contributed by atoms with E-state index in [-0.39, 0.29) is 11.8 Å². The summed E-state index contributed by atoms with van der Waals surface area (Å²) in [6.07, 6.45) is 2.19. The standard InChI is InChI=1S/C24H32FN3O2/c1-18(2)17-30-23-11-7-19(8-12-23)14-27-24(29)28(16-22-4-3-13-26-22)15-20-5-9-21(25)10-6-20/h5-12,18,22,26H,3-4,13-17H2,1-2H3,(H,27,29)/t22-/m1/s1. The van der Waals surface area contributed by atoms with Crippen LogP contribution >= 0.6 is 0 Å². The molecule has 30 heavy (non-hydrogen) atoms. The molecule has 0 spiro atoms. The Labute approximate surface area is 178 Å². The van der Waals surface area contributed by atoms with Crippen LogP contribution in [0, 0.1) is 11.7 Å². The van der Waals surface area contributed by atoms with Crippen LogP contribution in [0.25, 0.3) is 0 Å². The minimum Gasteiger partial charge on any atom is -0.493 e. The van der Waals surface area contributed by atoms with Crippen molar-refractivity contribution in [1.82, 2.24) is 15.5 Å². The summed E-state index contributed by atoms with van der Waals surface area (Å²) < 4.78 is 18.9. The molecule has 0 aromatic heterocycles. The van der Waals surface area contributed by atoms with Crippen molar-refractivity contribution in [3.63, 3.8) is 0 Å². The Morgan fingerprint density at radius 3 is 2.50 bits per heavy atom. The molecule has 5 nitrogen and oxygen atoms in total. The van der Waals surface area contributed by atoms with Crippen molar-refractivity contribution in [2.75, 3.05) is 19.7 Å². The number of urea groups is 1. The van der Waals surface area contributed by atoms with E-state index < -0.39 is 0 Å². The van der Waals surface area contributed by atoms with E-state index in [4.69, 9.17) is 4.74 Å². The van der Waals surface area contributed by atoms with Gasteiger partial charge in [0.15, 0.2) is 0 Å². The van der Waals surface area contributed by atoms with Gasteiger partial charge in [0.2, 0.25) is 0 Å². The van der Waals surface area contributed by atoms with Crippen LogP contribution in [0.2, 0.25) is 0 Å². The van der Waals surface area contributed by atoms with Crippen molar-refractivity contribution >= 4 is 6.03 Å². The first-order chi connectivity index (χ1) is 14.5. The van der Waals surface area contributed by atoms with Crippen LogP contribution in [0.1, 0.15) is 37.8 Å². The highest BCUT2D eigenvalue weighted by Crippen LogP contribution is 2.14. The second kappa shape index (κ2) is 11.0. The minimum absolute atomic E-state index is 0.117. The fourth-order valence-electron chi connectivity index (χ4n) is 3.46. The van der Waals surface area contributed by atoms with Gasteiger partial charge in [0.05, 0.1) is 6.61 Å². The molecule has 0 saturated carbocycles. The quantitative estimate of drug-likeness (QED) is 0.644. The Morgan fingerprint density at radius 2 is 1.87 bits per heavy atom. The number of amides is 2. The lowest BCUT2D eigenvalue weighted by atomic mass is 10.1. The molecule has 1 aliphatic rings. The molecule has 1 heterocycles. The normalized spacial score (nSPS) is 15.9. The molecule has 162 valence electrons. The largest absolute Gasteiger partial charge is 0.493 e. The Kier molecular flexibility index (Phi) is 8.08. The van der Waals surface area contributed by atoms with Crippen molar-refractivity contribution in [3.8, 4) is 5.75 Å². The molecule has 6 heteroatoms. The van der Waals surface area contributed by atoms with Crippen LogP contribution < -0.4 is 15.4 Å². The van der Waals surface area contributed by atoms with Crippen LogP contribution in [0.15, 0.2) is 48.5 Å². The highest BCUT2D eigenvalue weighted by molar-refractivity contribution is 5.74. The van der Waals surface area contributed by atoms with Crippen molar-refractivity contribution in [3.05, 3.63) is 65.5 Å². The molecule has 0 unspecified atom stereocenters. The van der Waals surface area contributed by atoms with E-state index in [0.717, 1.165) is 36.3 Å². The second-order valence-electron chi connectivity index (χ2n) is 8.31. The van der Waals surface area contributed by atoms with Gasteiger partial charge in [-0.3, -0.25) is 0 Å². The molecule has 2 N–H and O–H groups in total. The lowest BCUT2D eigenvalue weighted by Gasteiger charge is -2.26. The molecule has 0 radical (unpaired) electrons. The number of benzene rings is 2. The number of nitrogens with one attached hydrogen (secondary N) is 2. The maximum absolute atomic E-state index is 13.2. The van der Waals surface area contributed by atoms with Gasteiger partial charge >= 0.3 is 6.03 Å². The van der Waals surface area contributed by atoms with Crippen LogP contribution in [-0.2, 0) is 13.1 Å². The third-order valence-corrected chi connectivity index (χ3v) is 5.13. The predicted octanol–water partition coefficient (Wildman–Crippen LogP) is 4.32. The molecule has 2 aromatic rings. The van der Waals surface area contributed by atoms with E-state index in [1.807, 2.05) is 24.3 Å². The van der Waals surface area contributed by atoms with Crippen LogP contribution in [-0.4, -0.2) is 36.7 Å². The van der Waals surface area contributed by atoms with Crippen LogP contribution in [0.5, 0.6) is 5.75 Å². The van der Waals surface area contributed by atoms with Gasteiger partial charge in [-0.25, -0.2) is 9.18 Å². The SMILES string of the molecule is CC(C)COc1ccc(CNC(=O)N(Cc2ccc(F)cc2)C[C@H]2CCCN2)cc1. The lowest BCUT2D eigenvalue weighted by molar-refractivity contribution is 0.189. The third-order valence-electron chi connectivity index (χ3n) is 5.13. The second-order valence-corrected chi connectivity index (χ2v) is 8.31. The highest BCUT2D eigenvalue weighted by atomic mass is 19.1. The van der Waals surface area contributed by atoms with Gasteiger partial charge in [-0.15, -0.1) is 0 Å². The first-order valence-corrected chi connectivity index (χ1v) is 10.7. The van der Waals surface area contributed by atoms with Crippen LogP contribution in [0.3, 0.4) is 0 Å². The van der Waals surface area contributed by atoms with Crippen molar-refractivity contribution in [1.29, 1.82) is 0 Å². The smallest absolute Gasteiger partial charge is 0.318 e. The average Bonchev–Trinajstić information content (AvgIpc) is 3.25. The maximum atomic E-state index is 13.2. The Morgan fingerprint density at radius 1 is 1.17 bits per heavy atom. The lowest BCUT2D eigenvalue weighted by Crippen LogP contribution is -2.45. The fraction of sp³-hybridized carbons (Fsp3) is 0.458. The summed E-state index contributed by atoms with van der Waals surface area (Å²) in [6, 6.07) is 14.3. The van der Waals surface area contributed by atoms with Crippen LogP contribution in [0.4, 0.5) is 9.18 Å². The molecule has 1 fully saturated rings. The summed E-state index contributed by atoms with van der Waals surface area (Å²) in [5.74, 6) is 1.04. The summed E-state index contributed by atoms with van der Waals surface area (Å²) in [4.78, 5) is 14.7. The number of rotatable bonds is 9. The topological polar surface area (TPSA) is 53.6 Å². The highest BCUT2D eigenvalue weighted by Gasteiger charge is 2.21. The molecule has 2 aromatic carbocycles. The molecule has 1 atom stereocenters. The van der Waals surface area contributed by atoms with E-state index in [1.165, 1.54) is 12.1 Å². The number of hydrogen-bond acceptors (Lipinski definition) is 3. The summed E-state index contributed by atoms with van der Waals surface area (Å²) >= 11 is 0. The first kappa shape index (κ1) is 22.1. The fourth-order valence-corrected chi connectivity index (χ4v) is 3.46. The number of nitrogens with zero attached hydrogens (tertiary/aromatic N) is 1. The minimum atomic E-state index is -0.270. The Bertz CT molecular complexity index is 787. The van der Waals surface area contributed by atoms with Gasteiger partial charge in [-0.1, -0.05) is 38.1 Å². The first-order valence-electron chi connectivity index (χ1n) is 10.7. The molecule has 3 rings (SSSR count). The summed E-state index contributed by atoms with van der Waals surface area (Å²) in [5.41, 5.74) is 1.93. The third kappa shape index (κ3) is 7.02. The summed E-state index contributed by atoms with van der Waals surface area (Å²) in [6.45, 7) is 7.43. The zero-order valence-electron chi connectivity index (χ0n) is 17.9. The van der Waals surface area contributed by atoms with Gasteiger partial charge in [-0.05, 0) is 60.7 Å². The molecule has 0 aliphatic carbocycles. The molecule has 0 bridgehead atoms. The van der Waals surface area contributed by atoms with Gasteiger partial charge in [-0.2, -0.15) is 0 Å². The van der Waals surface area contributed by atoms with Crippen molar-refractivity contribution < 1.29 is 13.9 Å². The van der Waals surface area contributed by atoms with Gasteiger partial charge in [0, 0.05) is 25.7 Å².